The topological polar surface area (TPSA) is 55.1 Å². The van der Waals surface area contributed by atoms with Gasteiger partial charge >= 0.3 is 0 Å². The van der Waals surface area contributed by atoms with Crippen LogP contribution in [-0.4, -0.2) is 11.1 Å². The molecule has 0 aliphatic carbocycles. The van der Waals surface area contributed by atoms with Crippen LogP contribution < -0.4 is 5.32 Å². The Bertz CT molecular complexity index is 646. The first-order chi connectivity index (χ1) is 10.3. The van der Waals surface area contributed by atoms with Gasteiger partial charge in [-0.2, -0.15) is 0 Å². The number of benzene rings is 1. The van der Waals surface area contributed by atoms with Crippen molar-refractivity contribution >= 4 is 11.6 Å². The molecule has 1 amide bonds. The number of nitrogens with one attached hydrogen (secondary N) is 1. The zero-order valence-corrected chi connectivity index (χ0v) is 14.0. The van der Waals surface area contributed by atoms with Gasteiger partial charge in [0.2, 0.25) is 5.91 Å². The van der Waals surface area contributed by atoms with Gasteiger partial charge in [-0.05, 0) is 37.3 Å². The van der Waals surface area contributed by atoms with Gasteiger partial charge in [0.1, 0.15) is 5.76 Å². The summed E-state index contributed by atoms with van der Waals surface area (Å²) in [6.45, 7) is 10.2. The maximum absolute atomic E-state index is 12.2. The fourth-order valence-electron chi connectivity index (χ4n) is 2.56. The molecule has 0 aliphatic heterocycles. The van der Waals surface area contributed by atoms with Gasteiger partial charge in [-0.1, -0.05) is 44.1 Å². The first-order valence-electron chi connectivity index (χ1n) is 7.60. The van der Waals surface area contributed by atoms with Gasteiger partial charge in [0.05, 0.1) is 5.69 Å². The maximum Gasteiger partial charge on any atom is 0.224 e. The monoisotopic (exact) mass is 300 g/mol. The second kappa shape index (κ2) is 6.34. The van der Waals surface area contributed by atoms with Crippen molar-refractivity contribution in [3.63, 3.8) is 0 Å². The number of hydrogen-bond acceptors (Lipinski definition) is 3. The lowest BCUT2D eigenvalue weighted by Gasteiger charge is -2.23. The van der Waals surface area contributed by atoms with Crippen molar-refractivity contribution < 1.29 is 9.32 Å². The second-order valence-corrected chi connectivity index (χ2v) is 6.65. The van der Waals surface area contributed by atoms with Gasteiger partial charge in [0, 0.05) is 17.7 Å². The quantitative estimate of drug-likeness (QED) is 0.922. The van der Waals surface area contributed by atoms with Crippen LogP contribution in [0, 0.1) is 13.8 Å². The molecule has 2 rings (SSSR count). The molecular formula is C18H24N2O2. The Morgan fingerprint density at radius 3 is 2.50 bits per heavy atom. The highest BCUT2D eigenvalue weighted by Crippen LogP contribution is 2.29. The van der Waals surface area contributed by atoms with Crippen molar-refractivity contribution in [1.29, 1.82) is 0 Å². The standard InChI is InChI=1S/C18H24N2O2/c1-12-14(13(2)22-20-12)10-11-17(21)19-16-9-7-6-8-15(16)18(3,4)5/h6-9H,10-11H2,1-5H3,(H,19,21). The van der Waals surface area contributed by atoms with E-state index >= 15 is 0 Å². The summed E-state index contributed by atoms with van der Waals surface area (Å²) in [5.41, 5.74) is 3.91. The molecule has 0 bridgehead atoms. The van der Waals surface area contributed by atoms with Gasteiger partial charge in [-0.3, -0.25) is 4.79 Å². The SMILES string of the molecule is Cc1noc(C)c1CCC(=O)Nc1ccccc1C(C)(C)C. The number of aromatic nitrogens is 1. The van der Waals surface area contributed by atoms with Crippen molar-refractivity contribution in [2.24, 2.45) is 0 Å². The predicted octanol–water partition coefficient (Wildman–Crippen LogP) is 4.16. The van der Waals surface area contributed by atoms with E-state index in [1.54, 1.807) is 0 Å². The Kier molecular flexibility index (Phi) is 4.69. The van der Waals surface area contributed by atoms with Crippen LogP contribution in [0.3, 0.4) is 0 Å². The lowest BCUT2D eigenvalue weighted by atomic mass is 9.86. The minimum Gasteiger partial charge on any atom is -0.361 e. The highest BCUT2D eigenvalue weighted by Gasteiger charge is 2.19. The summed E-state index contributed by atoms with van der Waals surface area (Å²) in [7, 11) is 0. The Morgan fingerprint density at radius 1 is 1.23 bits per heavy atom. The minimum atomic E-state index is -0.00841. The number of rotatable bonds is 4. The van der Waals surface area contributed by atoms with E-state index in [-0.39, 0.29) is 11.3 Å². The van der Waals surface area contributed by atoms with Crippen LogP contribution >= 0.6 is 0 Å². The molecule has 0 aliphatic rings. The number of nitrogens with zero attached hydrogens (tertiary/aromatic N) is 1. The molecule has 1 aromatic carbocycles. The van der Waals surface area contributed by atoms with E-state index in [4.69, 9.17) is 4.52 Å². The molecule has 1 aromatic heterocycles. The fourth-order valence-corrected chi connectivity index (χ4v) is 2.56. The average Bonchev–Trinajstić information content (AvgIpc) is 2.75. The van der Waals surface area contributed by atoms with E-state index < -0.39 is 0 Å². The lowest BCUT2D eigenvalue weighted by molar-refractivity contribution is -0.116. The fraction of sp³-hybridized carbons (Fsp3) is 0.444. The summed E-state index contributed by atoms with van der Waals surface area (Å²) in [5.74, 6) is 0.803. The molecule has 118 valence electrons. The number of hydrogen-bond donors (Lipinski definition) is 1. The summed E-state index contributed by atoms with van der Waals surface area (Å²) in [5, 5.41) is 6.95. The first-order valence-corrected chi connectivity index (χ1v) is 7.60. The molecule has 4 heteroatoms. The number of amides is 1. The molecule has 0 unspecified atom stereocenters. The first kappa shape index (κ1) is 16.3. The van der Waals surface area contributed by atoms with Gasteiger partial charge in [-0.25, -0.2) is 0 Å². The molecule has 4 nitrogen and oxygen atoms in total. The summed E-state index contributed by atoms with van der Waals surface area (Å²) in [6.07, 6.45) is 1.06. The summed E-state index contributed by atoms with van der Waals surface area (Å²) >= 11 is 0. The van der Waals surface area contributed by atoms with Crippen LogP contribution in [0.2, 0.25) is 0 Å². The lowest BCUT2D eigenvalue weighted by Crippen LogP contribution is -2.19. The number of anilines is 1. The van der Waals surface area contributed by atoms with Crippen LogP contribution in [0.15, 0.2) is 28.8 Å². The van der Waals surface area contributed by atoms with Crippen molar-refractivity contribution in [3.05, 3.63) is 46.8 Å². The Balaban J connectivity index is 2.04. The molecule has 0 saturated carbocycles. The number of aryl methyl sites for hydroxylation is 2. The van der Waals surface area contributed by atoms with Crippen LogP contribution in [-0.2, 0) is 16.6 Å². The van der Waals surface area contributed by atoms with E-state index in [1.165, 1.54) is 0 Å². The Labute approximate surface area is 131 Å². The van der Waals surface area contributed by atoms with Crippen molar-refractivity contribution in [3.8, 4) is 0 Å². The Hall–Kier alpha value is -2.10. The van der Waals surface area contributed by atoms with Crippen molar-refractivity contribution in [2.75, 3.05) is 5.32 Å². The maximum atomic E-state index is 12.2. The average molecular weight is 300 g/mol. The zero-order chi connectivity index (χ0) is 16.3. The second-order valence-electron chi connectivity index (χ2n) is 6.65. The molecule has 0 fully saturated rings. The Morgan fingerprint density at radius 2 is 1.91 bits per heavy atom. The molecule has 2 aromatic rings. The van der Waals surface area contributed by atoms with Gasteiger partial charge in [0.25, 0.3) is 0 Å². The van der Waals surface area contributed by atoms with Crippen molar-refractivity contribution in [2.45, 2.75) is 52.9 Å². The number of para-hydroxylation sites is 1. The molecule has 0 spiro atoms. The van der Waals surface area contributed by atoms with E-state index in [9.17, 15) is 4.79 Å². The van der Waals surface area contributed by atoms with E-state index in [2.05, 4.69) is 37.3 Å². The highest BCUT2D eigenvalue weighted by atomic mass is 16.5. The minimum absolute atomic E-state index is 0.00841. The summed E-state index contributed by atoms with van der Waals surface area (Å²) in [4.78, 5) is 12.2. The van der Waals surface area contributed by atoms with E-state index in [0.29, 0.717) is 12.8 Å². The van der Waals surface area contributed by atoms with E-state index in [1.807, 2.05) is 32.0 Å². The summed E-state index contributed by atoms with van der Waals surface area (Å²) < 4.78 is 5.13. The molecule has 22 heavy (non-hydrogen) atoms. The smallest absolute Gasteiger partial charge is 0.224 e. The van der Waals surface area contributed by atoms with E-state index in [0.717, 1.165) is 28.3 Å². The largest absolute Gasteiger partial charge is 0.361 e. The predicted molar refractivity (Wildman–Crippen MR) is 88.1 cm³/mol. The van der Waals surface area contributed by atoms with Crippen LogP contribution in [0.5, 0.6) is 0 Å². The van der Waals surface area contributed by atoms with Crippen LogP contribution in [0.25, 0.3) is 0 Å². The van der Waals surface area contributed by atoms with Gasteiger partial charge in [0.15, 0.2) is 0 Å². The third kappa shape index (κ3) is 3.75. The van der Waals surface area contributed by atoms with Crippen LogP contribution in [0.4, 0.5) is 5.69 Å². The van der Waals surface area contributed by atoms with Crippen molar-refractivity contribution in [1.82, 2.24) is 5.16 Å². The van der Waals surface area contributed by atoms with Gasteiger partial charge < -0.3 is 9.84 Å². The highest BCUT2D eigenvalue weighted by molar-refractivity contribution is 5.91. The molecular weight excluding hydrogens is 276 g/mol. The normalized spacial score (nSPS) is 11.5. The molecule has 0 radical (unpaired) electrons. The third-order valence-corrected chi connectivity index (χ3v) is 3.79. The summed E-state index contributed by atoms with van der Waals surface area (Å²) in [6, 6.07) is 7.96. The molecule has 0 saturated heterocycles. The molecule has 1 heterocycles. The van der Waals surface area contributed by atoms with Gasteiger partial charge in [-0.15, -0.1) is 0 Å². The molecule has 0 atom stereocenters. The third-order valence-electron chi connectivity index (χ3n) is 3.79. The van der Waals surface area contributed by atoms with Crippen LogP contribution in [0.1, 0.15) is 49.8 Å². The number of carbonyl (C=O) groups is 1. The molecule has 1 N–H and O–H groups in total. The zero-order valence-electron chi connectivity index (χ0n) is 14.0. The number of carbonyl (C=O) groups excluding carboxylic acids is 1.